The van der Waals surface area contributed by atoms with Crippen LogP contribution in [0.25, 0.3) is 11.0 Å². The van der Waals surface area contributed by atoms with E-state index in [1.807, 2.05) is 12.1 Å². The molecule has 0 spiro atoms. The molecule has 0 saturated carbocycles. The number of aromatic nitrogens is 4. The zero-order chi connectivity index (χ0) is 24.4. The summed E-state index contributed by atoms with van der Waals surface area (Å²) in [6.45, 7) is 3.78. The van der Waals surface area contributed by atoms with Crippen LogP contribution in [-0.4, -0.2) is 62.0 Å². The van der Waals surface area contributed by atoms with Crippen LogP contribution in [-0.2, 0) is 0 Å². The number of nitrogens with zero attached hydrogens (tertiary/aromatic N) is 7. The number of rotatable bonds is 7. The van der Waals surface area contributed by atoms with Crippen molar-refractivity contribution in [2.45, 2.75) is 0 Å². The summed E-state index contributed by atoms with van der Waals surface area (Å²) in [6, 6.07) is 11.2. The third kappa shape index (κ3) is 4.95. The highest BCUT2D eigenvalue weighted by Gasteiger charge is 2.17. The monoisotopic (exact) mass is 496 g/mol. The third-order valence-electron chi connectivity index (χ3n) is 5.62. The van der Waals surface area contributed by atoms with E-state index in [1.165, 1.54) is 28.4 Å². The van der Waals surface area contributed by atoms with E-state index in [-0.39, 0.29) is 41.2 Å². The topological polar surface area (TPSA) is 114 Å². The van der Waals surface area contributed by atoms with Crippen molar-refractivity contribution in [2.75, 3.05) is 43.4 Å². The van der Waals surface area contributed by atoms with Gasteiger partial charge in [0.1, 0.15) is 11.6 Å². The fraction of sp³-hybridized carbons (Fsp3) is 0.227. The maximum atomic E-state index is 13.5. The number of benzene rings is 1. The predicted molar refractivity (Wildman–Crippen MR) is 132 cm³/mol. The maximum absolute atomic E-state index is 13.5. The third-order valence-corrected chi connectivity index (χ3v) is 6.07. The van der Waals surface area contributed by atoms with E-state index < -0.39 is 4.92 Å². The van der Waals surface area contributed by atoms with Crippen LogP contribution in [0, 0.1) is 10.1 Å². The molecule has 0 radical (unpaired) electrons. The van der Waals surface area contributed by atoms with E-state index in [2.05, 4.69) is 37.1 Å². The number of anilines is 3. The normalized spacial score (nSPS) is 14.3. The van der Waals surface area contributed by atoms with Crippen molar-refractivity contribution < 1.29 is 13.5 Å². The molecule has 4 heterocycles. The van der Waals surface area contributed by atoms with Crippen LogP contribution in [0.4, 0.5) is 27.0 Å². The standard InChI is InChI=1S/C22H21FN8O3S/c1-28-9-11-29(12-10-28)19-6-5-15(14-24-19)25-22-26-20-18(7-8-30(20)35-23)21(27-22)34-17-4-2-3-16(13-17)31(32)33/h2-8,13-14H,9-12H2,1H3,(H,25,26,27). The molecule has 0 bridgehead atoms. The van der Waals surface area contributed by atoms with Gasteiger partial charge in [-0.1, -0.05) is 6.07 Å². The van der Waals surface area contributed by atoms with Gasteiger partial charge in [-0.2, -0.15) is 9.97 Å². The van der Waals surface area contributed by atoms with Crippen molar-refractivity contribution in [3.05, 3.63) is 65.0 Å². The molecule has 0 aliphatic carbocycles. The number of halogens is 1. The first-order chi connectivity index (χ1) is 17.0. The highest BCUT2D eigenvalue weighted by atomic mass is 32.2. The first kappa shape index (κ1) is 22.8. The molecule has 0 atom stereocenters. The minimum atomic E-state index is -0.509. The molecule has 1 aromatic carbocycles. The van der Waals surface area contributed by atoms with Crippen LogP contribution in [0.15, 0.2) is 54.9 Å². The number of piperazine rings is 1. The van der Waals surface area contributed by atoms with E-state index in [9.17, 15) is 14.0 Å². The number of hydrogen-bond donors (Lipinski definition) is 1. The minimum absolute atomic E-state index is 0.00834. The van der Waals surface area contributed by atoms with Crippen molar-refractivity contribution in [2.24, 2.45) is 0 Å². The Morgan fingerprint density at radius 3 is 2.69 bits per heavy atom. The van der Waals surface area contributed by atoms with Crippen LogP contribution in [0.1, 0.15) is 0 Å². The molecular weight excluding hydrogens is 475 g/mol. The Balaban J connectivity index is 1.42. The smallest absolute Gasteiger partial charge is 0.273 e. The van der Waals surface area contributed by atoms with E-state index in [4.69, 9.17) is 4.74 Å². The summed E-state index contributed by atoms with van der Waals surface area (Å²) in [4.78, 5) is 28.5. The van der Waals surface area contributed by atoms with Crippen LogP contribution < -0.4 is 15.0 Å². The van der Waals surface area contributed by atoms with Crippen LogP contribution in [0.5, 0.6) is 11.6 Å². The number of nitrogens with one attached hydrogen (secondary N) is 1. The lowest BCUT2D eigenvalue weighted by Gasteiger charge is -2.33. The molecule has 1 aliphatic heterocycles. The molecule has 1 N–H and O–H groups in total. The zero-order valence-electron chi connectivity index (χ0n) is 18.7. The van der Waals surface area contributed by atoms with Gasteiger partial charge in [-0.25, -0.2) is 8.96 Å². The summed E-state index contributed by atoms with van der Waals surface area (Å²) < 4.78 is 20.6. The second-order valence-electron chi connectivity index (χ2n) is 7.98. The van der Waals surface area contributed by atoms with E-state index in [0.29, 0.717) is 11.1 Å². The zero-order valence-corrected chi connectivity index (χ0v) is 19.5. The van der Waals surface area contributed by atoms with E-state index in [1.54, 1.807) is 18.3 Å². The molecule has 0 unspecified atom stereocenters. The summed E-state index contributed by atoms with van der Waals surface area (Å²) >= 11 is -0.00834. The average Bonchev–Trinajstić information content (AvgIpc) is 3.28. The summed E-state index contributed by atoms with van der Waals surface area (Å²) in [7, 11) is 2.10. The molecule has 4 aromatic rings. The highest BCUT2D eigenvalue weighted by molar-refractivity contribution is 7.92. The highest BCUT2D eigenvalue weighted by Crippen LogP contribution is 2.33. The van der Waals surface area contributed by atoms with Gasteiger partial charge in [-0.05, 0) is 31.3 Å². The number of hydrogen-bond acceptors (Lipinski definition) is 10. The molecule has 1 aliphatic rings. The van der Waals surface area contributed by atoms with Gasteiger partial charge >= 0.3 is 0 Å². The Labute approximate surface area is 204 Å². The number of nitro benzene ring substituents is 1. The first-order valence-electron chi connectivity index (χ1n) is 10.8. The van der Waals surface area contributed by atoms with Gasteiger partial charge < -0.3 is 19.9 Å². The molecule has 35 heavy (non-hydrogen) atoms. The van der Waals surface area contributed by atoms with Gasteiger partial charge in [0.2, 0.25) is 11.8 Å². The summed E-state index contributed by atoms with van der Waals surface area (Å²) in [6.07, 6.45) is 3.19. The number of non-ortho nitro benzene ring substituents is 1. The van der Waals surface area contributed by atoms with Gasteiger partial charge in [0.15, 0.2) is 18.0 Å². The molecule has 5 rings (SSSR count). The Hall–Kier alpha value is -3.97. The van der Waals surface area contributed by atoms with Crippen molar-refractivity contribution in [1.29, 1.82) is 0 Å². The SMILES string of the molecule is CN1CCN(c2ccc(Nc3nc(Oc4cccc([N+](=O)[O-])c4)c4ccn(SF)c4n3)cn2)CC1. The predicted octanol–water partition coefficient (Wildman–Crippen LogP) is 4.40. The first-order valence-corrected chi connectivity index (χ1v) is 11.4. The van der Waals surface area contributed by atoms with Gasteiger partial charge in [0, 0.05) is 38.4 Å². The molecule has 13 heteroatoms. The molecule has 1 saturated heterocycles. The lowest BCUT2D eigenvalue weighted by Crippen LogP contribution is -2.44. The Morgan fingerprint density at radius 1 is 1.14 bits per heavy atom. The summed E-state index contributed by atoms with van der Waals surface area (Å²) in [5, 5.41) is 14.7. The Morgan fingerprint density at radius 2 is 1.97 bits per heavy atom. The minimum Gasteiger partial charge on any atom is -0.438 e. The quantitative estimate of drug-likeness (QED) is 0.292. The number of fused-ring (bicyclic) bond motifs is 1. The van der Waals surface area contributed by atoms with Crippen LogP contribution in [0.2, 0.25) is 0 Å². The average molecular weight is 497 g/mol. The Bertz CT molecular complexity index is 1360. The fourth-order valence-corrected chi connectivity index (χ4v) is 4.05. The molecule has 180 valence electrons. The lowest BCUT2D eigenvalue weighted by atomic mass is 10.3. The second kappa shape index (κ2) is 9.72. The number of nitro groups is 1. The molecule has 3 aromatic heterocycles. The number of ether oxygens (including phenoxy) is 1. The van der Waals surface area contributed by atoms with Crippen LogP contribution in [0.3, 0.4) is 0 Å². The van der Waals surface area contributed by atoms with Crippen molar-refractivity contribution >= 4 is 46.5 Å². The molecule has 0 amide bonds. The maximum Gasteiger partial charge on any atom is 0.273 e. The lowest BCUT2D eigenvalue weighted by molar-refractivity contribution is -0.384. The summed E-state index contributed by atoms with van der Waals surface area (Å²) in [5.74, 6) is 1.41. The number of pyridine rings is 1. The van der Waals surface area contributed by atoms with Gasteiger partial charge in [0.05, 0.1) is 28.3 Å². The fourth-order valence-electron chi connectivity index (χ4n) is 3.74. The van der Waals surface area contributed by atoms with Gasteiger partial charge in [-0.15, -0.1) is 3.89 Å². The largest absolute Gasteiger partial charge is 0.438 e. The van der Waals surface area contributed by atoms with Crippen LogP contribution >= 0.6 is 12.3 Å². The Kier molecular flexibility index (Phi) is 6.33. The van der Waals surface area contributed by atoms with E-state index >= 15 is 0 Å². The van der Waals surface area contributed by atoms with Gasteiger partial charge in [-0.3, -0.25) is 10.1 Å². The van der Waals surface area contributed by atoms with Crippen molar-refractivity contribution in [3.63, 3.8) is 0 Å². The van der Waals surface area contributed by atoms with Gasteiger partial charge in [0.25, 0.3) is 5.69 Å². The van der Waals surface area contributed by atoms with E-state index in [0.717, 1.165) is 32.0 Å². The second-order valence-corrected chi connectivity index (χ2v) is 8.51. The summed E-state index contributed by atoms with van der Waals surface area (Å²) in [5.41, 5.74) is 0.821. The van der Waals surface area contributed by atoms with Crippen molar-refractivity contribution in [1.82, 2.24) is 23.8 Å². The molecule has 11 nitrogen and oxygen atoms in total. The van der Waals surface area contributed by atoms with Crippen molar-refractivity contribution in [3.8, 4) is 11.6 Å². The molecule has 1 fully saturated rings. The number of likely N-dealkylation sites (N-methyl/N-ethyl adjacent to an activating group) is 1. The molecular formula is C22H21FN8O3S.